The van der Waals surface area contributed by atoms with E-state index in [0.29, 0.717) is 6.42 Å². The molecule has 1 unspecified atom stereocenters. The number of aliphatic carboxylic acids is 1. The van der Waals surface area contributed by atoms with Crippen LogP contribution < -0.4 is 0 Å². The number of benzene rings is 1. The Balaban J connectivity index is 2.30. The number of carboxylic acid groups (broad SMARTS) is 1. The summed E-state index contributed by atoms with van der Waals surface area (Å²) in [7, 11) is 0. The molecule has 0 saturated carbocycles. The first kappa shape index (κ1) is 11.7. The fraction of sp³-hybridized carbons (Fsp3) is 0.417. The van der Waals surface area contributed by atoms with Crippen molar-refractivity contribution in [1.29, 1.82) is 0 Å². The summed E-state index contributed by atoms with van der Waals surface area (Å²) in [5.41, 5.74) is 1.21. The Morgan fingerprint density at radius 2 is 1.93 bits per heavy atom. The van der Waals surface area contributed by atoms with Crippen LogP contribution >= 0.6 is 0 Å². The van der Waals surface area contributed by atoms with Crippen molar-refractivity contribution in [2.24, 2.45) is 5.92 Å². The molecule has 0 bridgehead atoms. The summed E-state index contributed by atoms with van der Waals surface area (Å²) in [6, 6.07) is 9.94. The summed E-state index contributed by atoms with van der Waals surface area (Å²) in [6.45, 7) is -0.274. The van der Waals surface area contributed by atoms with Crippen molar-refractivity contribution in [3.8, 4) is 0 Å². The molecule has 2 N–H and O–H groups in total. The fourth-order valence-corrected chi connectivity index (χ4v) is 1.49. The van der Waals surface area contributed by atoms with Crippen LogP contribution in [0.1, 0.15) is 18.4 Å². The topological polar surface area (TPSA) is 57.5 Å². The second-order valence-electron chi connectivity index (χ2n) is 3.60. The normalized spacial score (nSPS) is 12.3. The maximum atomic E-state index is 10.6. The zero-order valence-electron chi connectivity index (χ0n) is 8.60. The summed E-state index contributed by atoms with van der Waals surface area (Å²) in [5, 5.41) is 17.5. The summed E-state index contributed by atoms with van der Waals surface area (Å²) in [6.07, 6.45) is 2.19. The maximum Gasteiger partial charge on any atom is 0.308 e. The van der Waals surface area contributed by atoms with E-state index in [0.717, 1.165) is 12.8 Å². The Hall–Kier alpha value is -1.35. The van der Waals surface area contributed by atoms with Crippen LogP contribution in [0.3, 0.4) is 0 Å². The van der Waals surface area contributed by atoms with Gasteiger partial charge in [-0.25, -0.2) is 0 Å². The molecular weight excluding hydrogens is 192 g/mol. The van der Waals surface area contributed by atoms with Gasteiger partial charge in [0.1, 0.15) is 0 Å². The molecule has 0 fully saturated rings. The Labute approximate surface area is 89.4 Å². The number of hydrogen-bond acceptors (Lipinski definition) is 2. The number of rotatable bonds is 6. The molecular formula is C12H16O3. The summed E-state index contributed by atoms with van der Waals surface area (Å²) in [5.74, 6) is -1.53. The van der Waals surface area contributed by atoms with E-state index in [2.05, 4.69) is 0 Å². The lowest BCUT2D eigenvalue weighted by molar-refractivity contribution is -0.143. The van der Waals surface area contributed by atoms with Crippen LogP contribution in [0.15, 0.2) is 30.3 Å². The van der Waals surface area contributed by atoms with Crippen LogP contribution in [0.25, 0.3) is 0 Å². The van der Waals surface area contributed by atoms with Crippen LogP contribution in [0.5, 0.6) is 0 Å². The van der Waals surface area contributed by atoms with E-state index in [1.165, 1.54) is 5.56 Å². The van der Waals surface area contributed by atoms with E-state index < -0.39 is 11.9 Å². The van der Waals surface area contributed by atoms with Gasteiger partial charge < -0.3 is 10.2 Å². The van der Waals surface area contributed by atoms with Gasteiger partial charge in [-0.05, 0) is 24.8 Å². The third-order valence-corrected chi connectivity index (χ3v) is 2.43. The van der Waals surface area contributed by atoms with Gasteiger partial charge in [0.15, 0.2) is 0 Å². The molecule has 0 aromatic heterocycles. The minimum atomic E-state index is -0.912. The van der Waals surface area contributed by atoms with Gasteiger partial charge in [0.25, 0.3) is 0 Å². The molecule has 0 aliphatic carbocycles. The quantitative estimate of drug-likeness (QED) is 0.748. The van der Waals surface area contributed by atoms with Crippen LogP contribution in [0, 0.1) is 5.92 Å². The predicted molar refractivity (Wildman–Crippen MR) is 57.6 cm³/mol. The number of aliphatic hydroxyl groups is 1. The smallest absolute Gasteiger partial charge is 0.308 e. The highest BCUT2D eigenvalue weighted by Crippen LogP contribution is 2.10. The molecule has 3 nitrogen and oxygen atoms in total. The third-order valence-electron chi connectivity index (χ3n) is 2.43. The van der Waals surface area contributed by atoms with Gasteiger partial charge in [-0.1, -0.05) is 30.3 Å². The number of hydrogen-bond donors (Lipinski definition) is 2. The van der Waals surface area contributed by atoms with Gasteiger partial charge in [0, 0.05) is 0 Å². The van der Waals surface area contributed by atoms with Crippen molar-refractivity contribution < 1.29 is 15.0 Å². The van der Waals surface area contributed by atoms with Gasteiger partial charge in [0.05, 0.1) is 12.5 Å². The monoisotopic (exact) mass is 208 g/mol. The van der Waals surface area contributed by atoms with E-state index in [1.807, 2.05) is 30.3 Å². The van der Waals surface area contributed by atoms with E-state index in [4.69, 9.17) is 10.2 Å². The highest BCUT2D eigenvalue weighted by molar-refractivity contribution is 5.69. The number of carbonyl (C=O) groups is 1. The largest absolute Gasteiger partial charge is 0.481 e. The summed E-state index contributed by atoms with van der Waals surface area (Å²) in [4.78, 5) is 10.6. The SMILES string of the molecule is O=C(O)C(CO)CCCc1ccccc1. The molecule has 82 valence electrons. The molecule has 3 heteroatoms. The van der Waals surface area contributed by atoms with E-state index in [1.54, 1.807) is 0 Å². The Bertz CT molecular complexity index is 295. The highest BCUT2D eigenvalue weighted by Gasteiger charge is 2.14. The minimum absolute atomic E-state index is 0.274. The summed E-state index contributed by atoms with van der Waals surface area (Å²) >= 11 is 0. The maximum absolute atomic E-state index is 10.6. The van der Waals surface area contributed by atoms with Crippen LogP contribution in [0.4, 0.5) is 0 Å². The number of aryl methyl sites for hydroxylation is 1. The minimum Gasteiger partial charge on any atom is -0.481 e. The lowest BCUT2D eigenvalue weighted by atomic mass is 10.0. The fourth-order valence-electron chi connectivity index (χ4n) is 1.49. The Kier molecular flexibility index (Phi) is 4.84. The zero-order valence-corrected chi connectivity index (χ0v) is 8.60. The van der Waals surface area contributed by atoms with Crippen LogP contribution in [-0.4, -0.2) is 22.8 Å². The average Bonchev–Trinajstić information content (AvgIpc) is 2.25. The first-order valence-corrected chi connectivity index (χ1v) is 5.11. The lowest BCUT2D eigenvalue weighted by Gasteiger charge is -2.08. The highest BCUT2D eigenvalue weighted by atomic mass is 16.4. The van der Waals surface area contributed by atoms with Gasteiger partial charge >= 0.3 is 5.97 Å². The molecule has 1 aromatic carbocycles. The second kappa shape index (κ2) is 6.19. The first-order valence-electron chi connectivity index (χ1n) is 5.11. The van der Waals surface area contributed by atoms with Gasteiger partial charge in [-0.2, -0.15) is 0 Å². The van der Waals surface area contributed by atoms with Gasteiger partial charge in [0.2, 0.25) is 0 Å². The molecule has 0 saturated heterocycles. The molecule has 0 radical (unpaired) electrons. The standard InChI is InChI=1S/C12H16O3/c13-9-11(12(14)15)8-4-7-10-5-2-1-3-6-10/h1-3,5-6,11,13H,4,7-9H2,(H,14,15). The van der Waals surface area contributed by atoms with E-state index >= 15 is 0 Å². The van der Waals surface area contributed by atoms with Crippen molar-refractivity contribution in [2.75, 3.05) is 6.61 Å². The first-order chi connectivity index (χ1) is 7.24. The third kappa shape index (κ3) is 4.13. The molecule has 0 heterocycles. The van der Waals surface area contributed by atoms with Gasteiger partial charge in [-0.3, -0.25) is 4.79 Å². The van der Waals surface area contributed by atoms with E-state index in [9.17, 15) is 4.79 Å². The molecule has 0 aliphatic rings. The average molecular weight is 208 g/mol. The number of aliphatic hydroxyl groups excluding tert-OH is 1. The van der Waals surface area contributed by atoms with Crippen molar-refractivity contribution in [2.45, 2.75) is 19.3 Å². The molecule has 0 aliphatic heterocycles. The zero-order chi connectivity index (χ0) is 11.1. The molecule has 15 heavy (non-hydrogen) atoms. The van der Waals surface area contributed by atoms with Crippen molar-refractivity contribution in [1.82, 2.24) is 0 Å². The summed E-state index contributed by atoms with van der Waals surface area (Å²) < 4.78 is 0. The van der Waals surface area contributed by atoms with Gasteiger partial charge in [-0.15, -0.1) is 0 Å². The van der Waals surface area contributed by atoms with Crippen molar-refractivity contribution in [3.05, 3.63) is 35.9 Å². The number of carboxylic acids is 1. The van der Waals surface area contributed by atoms with E-state index in [-0.39, 0.29) is 6.61 Å². The predicted octanol–water partition coefficient (Wildman–Crippen LogP) is 1.70. The van der Waals surface area contributed by atoms with Crippen LogP contribution in [-0.2, 0) is 11.2 Å². The lowest BCUT2D eigenvalue weighted by Crippen LogP contribution is -2.17. The Morgan fingerprint density at radius 3 is 2.47 bits per heavy atom. The second-order valence-corrected chi connectivity index (χ2v) is 3.60. The van der Waals surface area contributed by atoms with Crippen LogP contribution in [0.2, 0.25) is 0 Å². The Morgan fingerprint density at radius 1 is 1.27 bits per heavy atom. The molecule has 1 aromatic rings. The molecule has 0 amide bonds. The molecule has 1 rings (SSSR count). The van der Waals surface area contributed by atoms with Crippen molar-refractivity contribution >= 4 is 5.97 Å². The van der Waals surface area contributed by atoms with Crippen molar-refractivity contribution in [3.63, 3.8) is 0 Å². The molecule has 1 atom stereocenters. The molecule has 0 spiro atoms.